The highest BCUT2D eigenvalue weighted by Crippen LogP contribution is 2.60. The molecule has 4 saturated carbocycles. The summed E-state index contributed by atoms with van der Waals surface area (Å²) in [5, 5.41) is 0. The summed E-state index contributed by atoms with van der Waals surface area (Å²) in [6, 6.07) is 0. The van der Waals surface area contributed by atoms with E-state index in [1.54, 1.807) is 0 Å². The largest absolute Gasteiger partial charge is 0.438 e. The van der Waals surface area contributed by atoms with E-state index in [2.05, 4.69) is 4.98 Å². The molecule has 5 rings (SSSR count). The van der Waals surface area contributed by atoms with Crippen molar-refractivity contribution in [3.8, 4) is 0 Å². The van der Waals surface area contributed by atoms with Gasteiger partial charge in [-0.3, -0.25) is 0 Å². The summed E-state index contributed by atoms with van der Waals surface area (Å²) < 4.78 is 5.31. The molecule has 0 aromatic carbocycles. The summed E-state index contributed by atoms with van der Waals surface area (Å²) in [5.41, 5.74) is 1.69. The second-order valence-electron chi connectivity index (χ2n) is 6.26. The number of oxazole rings is 1. The molecule has 4 aliphatic carbocycles. The minimum atomic E-state index is 0.398. The van der Waals surface area contributed by atoms with Gasteiger partial charge in [-0.1, -0.05) is 0 Å². The van der Waals surface area contributed by atoms with Crippen molar-refractivity contribution in [1.82, 2.24) is 4.98 Å². The molecule has 1 aromatic heterocycles. The maximum absolute atomic E-state index is 5.31. The summed E-state index contributed by atoms with van der Waals surface area (Å²) in [6.45, 7) is 0. The van der Waals surface area contributed by atoms with Gasteiger partial charge in [-0.05, 0) is 68.5 Å². The second kappa shape index (κ2) is 3.00. The highest BCUT2D eigenvalue weighted by molar-refractivity contribution is 7.71. The number of aromatic nitrogens is 1. The Kier molecular flexibility index (Phi) is 1.78. The van der Waals surface area contributed by atoms with Crippen LogP contribution in [0.15, 0.2) is 10.7 Å². The average Bonchev–Trinajstić information content (AvgIpc) is 2.63. The first-order valence-corrected chi connectivity index (χ1v) is 6.83. The van der Waals surface area contributed by atoms with Crippen LogP contribution in [-0.2, 0) is 5.41 Å². The molecule has 0 aliphatic heterocycles. The van der Waals surface area contributed by atoms with Gasteiger partial charge in [-0.2, -0.15) is 0 Å². The monoisotopic (exact) mass is 235 g/mol. The van der Waals surface area contributed by atoms with Gasteiger partial charge in [0.15, 0.2) is 0 Å². The number of nitrogens with one attached hydrogen (secondary N) is 1. The van der Waals surface area contributed by atoms with Crippen LogP contribution in [-0.4, -0.2) is 4.98 Å². The standard InChI is InChI=1S/C13H17NOS/c16-12-14-11(7-15-12)13-4-8-1-9(5-13)3-10(2-8)6-13/h7-10H,1-6H2,(H,14,16). The van der Waals surface area contributed by atoms with E-state index in [1.165, 1.54) is 44.2 Å². The van der Waals surface area contributed by atoms with Gasteiger partial charge in [0.2, 0.25) is 0 Å². The molecule has 0 unspecified atom stereocenters. The average molecular weight is 235 g/mol. The van der Waals surface area contributed by atoms with Gasteiger partial charge in [0.25, 0.3) is 4.84 Å². The first-order valence-electron chi connectivity index (χ1n) is 6.42. The van der Waals surface area contributed by atoms with Gasteiger partial charge in [-0.15, -0.1) is 0 Å². The van der Waals surface area contributed by atoms with E-state index in [1.807, 2.05) is 6.26 Å². The van der Waals surface area contributed by atoms with Crippen molar-refractivity contribution in [1.29, 1.82) is 0 Å². The molecule has 0 saturated heterocycles. The first kappa shape index (κ1) is 9.46. The van der Waals surface area contributed by atoms with Crippen molar-refractivity contribution < 1.29 is 4.42 Å². The van der Waals surface area contributed by atoms with Crippen LogP contribution in [0.2, 0.25) is 0 Å². The van der Waals surface area contributed by atoms with E-state index in [-0.39, 0.29) is 0 Å². The summed E-state index contributed by atoms with van der Waals surface area (Å²) >= 11 is 5.07. The third-order valence-electron chi connectivity index (χ3n) is 5.13. The summed E-state index contributed by atoms with van der Waals surface area (Å²) in [7, 11) is 0. The van der Waals surface area contributed by atoms with E-state index in [9.17, 15) is 0 Å². The fourth-order valence-electron chi connectivity index (χ4n) is 4.98. The molecule has 1 aromatic rings. The lowest BCUT2D eigenvalue weighted by molar-refractivity contribution is -0.00723. The van der Waals surface area contributed by atoms with E-state index in [4.69, 9.17) is 16.6 Å². The zero-order valence-corrected chi connectivity index (χ0v) is 10.2. The molecule has 1 heterocycles. The molecule has 2 nitrogen and oxygen atoms in total. The Bertz CT molecular complexity index is 437. The van der Waals surface area contributed by atoms with E-state index in [0.717, 1.165) is 17.8 Å². The highest BCUT2D eigenvalue weighted by atomic mass is 32.1. The molecule has 0 spiro atoms. The van der Waals surface area contributed by atoms with Crippen molar-refractivity contribution in [2.45, 2.75) is 43.9 Å². The van der Waals surface area contributed by atoms with Crippen LogP contribution in [0, 0.1) is 22.6 Å². The molecule has 4 fully saturated rings. The van der Waals surface area contributed by atoms with Gasteiger partial charge in [-0.25, -0.2) is 0 Å². The molecule has 16 heavy (non-hydrogen) atoms. The van der Waals surface area contributed by atoms with Crippen molar-refractivity contribution in [2.24, 2.45) is 17.8 Å². The highest BCUT2D eigenvalue weighted by Gasteiger charge is 2.52. The third-order valence-corrected chi connectivity index (χ3v) is 5.33. The van der Waals surface area contributed by atoms with Crippen LogP contribution in [0.25, 0.3) is 0 Å². The Labute approximate surface area is 100 Å². The summed E-state index contributed by atoms with van der Waals surface area (Å²) in [4.78, 5) is 3.83. The normalized spacial score (nSPS) is 45.1. The number of hydrogen-bond acceptors (Lipinski definition) is 2. The quantitative estimate of drug-likeness (QED) is 0.750. The fraction of sp³-hybridized carbons (Fsp3) is 0.769. The maximum atomic E-state index is 5.31. The lowest BCUT2D eigenvalue weighted by atomic mass is 9.49. The Balaban J connectivity index is 1.79. The smallest absolute Gasteiger partial charge is 0.266 e. The van der Waals surface area contributed by atoms with Crippen LogP contribution >= 0.6 is 12.2 Å². The van der Waals surface area contributed by atoms with Gasteiger partial charge in [0, 0.05) is 5.41 Å². The van der Waals surface area contributed by atoms with E-state index >= 15 is 0 Å². The first-order chi connectivity index (χ1) is 7.73. The fourth-order valence-corrected chi connectivity index (χ4v) is 5.14. The minimum Gasteiger partial charge on any atom is -0.438 e. The van der Waals surface area contributed by atoms with Crippen molar-refractivity contribution in [2.75, 3.05) is 0 Å². The van der Waals surface area contributed by atoms with Crippen LogP contribution in [0.1, 0.15) is 44.2 Å². The van der Waals surface area contributed by atoms with Crippen LogP contribution in [0.3, 0.4) is 0 Å². The number of aromatic amines is 1. The molecule has 4 bridgehead atoms. The molecule has 0 atom stereocenters. The summed E-state index contributed by atoms with van der Waals surface area (Å²) in [5.74, 6) is 2.93. The number of H-pyrrole nitrogens is 1. The Morgan fingerprint density at radius 1 is 1.12 bits per heavy atom. The molecule has 1 N–H and O–H groups in total. The molecule has 3 heteroatoms. The van der Waals surface area contributed by atoms with E-state index < -0.39 is 0 Å². The molecule has 0 radical (unpaired) electrons. The predicted octanol–water partition coefficient (Wildman–Crippen LogP) is 3.80. The topological polar surface area (TPSA) is 28.9 Å². The van der Waals surface area contributed by atoms with Crippen LogP contribution in [0.5, 0.6) is 0 Å². The molecule has 0 amide bonds. The number of hydrogen-bond donors (Lipinski definition) is 1. The van der Waals surface area contributed by atoms with Crippen LogP contribution < -0.4 is 0 Å². The SMILES string of the molecule is S=c1[nH]c(C23CC4CC(CC(C4)C2)C3)co1. The maximum Gasteiger partial charge on any atom is 0.266 e. The van der Waals surface area contributed by atoms with Gasteiger partial charge in [0.05, 0.1) is 5.69 Å². The zero-order chi connectivity index (χ0) is 10.8. The lowest BCUT2D eigenvalue weighted by Gasteiger charge is -2.56. The van der Waals surface area contributed by atoms with Crippen molar-refractivity contribution in [3.63, 3.8) is 0 Å². The second-order valence-corrected chi connectivity index (χ2v) is 6.63. The Morgan fingerprint density at radius 3 is 2.12 bits per heavy atom. The van der Waals surface area contributed by atoms with E-state index in [0.29, 0.717) is 10.3 Å². The Hall–Kier alpha value is -0.570. The van der Waals surface area contributed by atoms with Crippen molar-refractivity contribution >= 4 is 12.2 Å². The summed E-state index contributed by atoms with van der Waals surface area (Å²) in [6.07, 6.45) is 10.4. The lowest BCUT2D eigenvalue weighted by Crippen LogP contribution is -2.48. The van der Waals surface area contributed by atoms with Crippen LogP contribution in [0.4, 0.5) is 0 Å². The molecular weight excluding hydrogens is 218 g/mol. The third kappa shape index (κ3) is 1.21. The van der Waals surface area contributed by atoms with Gasteiger partial charge in [0.1, 0.15) is 6.26 Å². The Morgan fingerprint density at radius 2 is 1.69 bits per heavy atom. The minimum absolute atomic E-state index is 0.398. The van der Waals surface area contributed by atoms with Crippen molar-refractivity contribution in [3.05, 3.63) is 16.8 Å². The van der Waals surface area contributed by atoms with Gasteiger partial charge >= 0.3 is 0 Å². The van der Waals surface area contributed by atoms with Gasteiger partial charge < -0.3 is 9.40 Å². The molecule has 86 valence electrons. The number of rotatable bonds is 1. The zero-order valence-electron chi connectivity index (χ0n) is 9.37. The predicted molar refractivity (Wildman–Crippen MR) is 63.7 cm³/mol. The molecule has 4 aliphatic rings. The molecular formula is C13H17NOS.